The first kappa shape index (κ1) is 18.0. The molecule has 5 heteroatoms. The van der Waals surface area contributed by atoms with Gasteiger partial charge in [-0.15, -0.1) is 0 Å². The summed E-state index contributed by atoms with van der Waals surface area (Å²) in [6.45, 7) is 9.43. The van der Waals surface area contributed by atoms with Gasteiger partial charge in [0.05, 0.1) is 0 Å². The maximum atomic E-state index is 12.3. The molecular formula is C22H28N4O. The summed E-state index contributed by atoms with van der Waals surface area (Å²) in [5.74, 6) is 2.51. The van der Waals surface area contributed by atoms with E-state index in [-0.39, 0.29) is 0 Å². The number of hydrogen-bond donors (Lipinski definition) is 0. The third-order valence-corrected chi connectivity index (χ3v) is 5.58. The Morgan fingerprint density at radius 3 is 2.48 bits per heavy atom. The minimum atomic E-state index is 0.303. The number of hydrogen-bond acceptors (Lipinski definition) is 4. The van der Waals surface area contributed by atoms with Crippen molar-refractivity contribution in [1.29, 1.82) is 0 Å². The third kappa shape index (κ3) is 3.97. The molecule has 1 aromatic carbocycles. The average Bonchev–Trinajstić information content (AvgIpc) is 3.48. The van der Waals surface area contributed by atoms with Gasteiger partial charge in [0, 0.05) is 49.8 Å². The highest BCUT2D eigenvalue weighted by atomic mass is 16.2. The summed E-state index contributed by atoms with van der Waals surface area (Å²) in [5, 5.41) is 0. The quantitative estimate of drug-likeness (QED) is 0.837. The van der Waals surface area contributed by atoms with Crippen LogP contribution < -0.4 is 4.90 Å². The Labute approximate surface area is 161 Å². The van der Waals surface area contributed by atoms with Crippen molar-refractivity contribution in [3.05, 3.63) is 52.5 Å². The number of rotatable bonds is 4. The standard InChI is InChI=1S/C22H28N4O/c1-15-5-4-6-18(13-15)14-20-16(2)23-17(3)24-21(20)25-9-11-26(12-10-25)22(27)19-7-8-19/h4-6,13,19H,7-12,14H2,1-3H3. The van der Waals surface area contributed by atoms with Crippen LogP contribution in [0.4, 0.5) is 5.82 Å². The molecule has 2 fully saturated rings. The van der Waals surface area contributed by atoms with Gasteiger partial charge in [0.25, 0.3) is 0 Å². The SMILES string of the molecule is Cc1cccc(Cc2c(C)nc(C)nc2N2CCN(C(=O)C3CC3)CC2)c1. The molecule has 0 radical (unpaired) electrons. The van der Waals surface area contributed by atoms with Gasteiger partial charge in [-0.3, -0.25) is 4.79 Å². The first-order valence-corrected chi connectivity index (χ1v) is 9.94. The predicted octanol–water partition coefficient (Wildman–Crippen LogP) is 3.05. The van der Waals surface area contributed by atoms with Crippen molar-refractivity contribution in [3.63, 3.8) is 0 Å². The van der Waals surface area contributed by atoms with Gasteiger partial charge in [-0.1, -0.05) is 29.8 Å². The van der Waals surface area contributed by atoms with Gasteiger partial charge in [0.2, 0.25) is 5.91 Å². The van der Waals surface area contributed by atoms with Crippen LogP contribution in [0.15, 0.2) is 24.3 Å². The number of amides is 1. The van der Waals surface area contributed by atoms with Crippen LogP contribution in [0.25, 0.3) is 0 Å². The molecule has 1 amide bonds. The zero-order chi connectivity index (χ0) is 19.0. The fraction of sp³-hybridized carbons (Fsp3) is 0.500. The summed E-state index contributed by atoms with van der Waals surface area (Å²) in [6.07, 6.45) is 2.98. The lowest BCUT2D eigenvalue weighted by Gasteiger charge is -2.36. The van der Waals surface area contributed by atoms with E-state index in [1.54, 1.807) is 0 Å². The molecule has 1 aliphatic heterocycles. The monoisotopic (exact) mass is 364 g/mol. The average molecular weight is 364 g/mol. The lowest BCUT2D eigenvalue weighted by atomic mass is 10.0. The van der Waals surface area contributed by atoms with Crippen LogP contribution in [0.2, 0.25) is 0 Å². The maximum Gasteiger partial charge on any atom is 0.225 e. The molecule has 142 valence electrons. The molecule has 1 aromatic heterocycles. The van der Waals surface area contributed by atoms with Gasteiger partial charge in [-0.25, -0.2) is 9.97 Å². The largest absolute Gasteiger partial charge is 0.353 e. The van der Waals surface area contributed by atoms with Crippen molar-refractivity contribution in [2.24, 2.45) is 5.92 Å². The molecule has 0 unspecified atom stereocenters. The van der Waals surface area contributed by atoms with E-state index in [0.717, 1.165) is 62.8 Å². The molecule has 0 N–H and O–H groups in total. The van der Waals surface area contributed by atoms with Crippen molar-refractivity contribution < 1.29 is 4.79 Å². The summed E-state index contributed by atoms with van der Waals surface area (Å²) in [7, 11) is 0. The summed E-state index contributed by atoms with van der Waals surface area (Å²) >= 11 is 0. The number of aryl methyl sites for hydroxylation is 3. The van der Waals surface area contributed by atoms with E-state index in [4.69, 9.17) is 4.98 Å². The number of piperazine rings is 1. The zero-order valence-corrected chi connectivity index (χ0v) is 16.5. The molecule has 1 saturated carbocycles. The van der Waals surface area contributed by atoms with Gasteiger partial charge < -0.3 is 9.80 Å². The van der Waals surface area contributed by atoms with E-state index in [1.165, 1.54) is 16.7 Å². The first-order chi connectivity index (χ1) is 13.0. The smallest absolute Gasteiger partial charge is 0.225 e. The van der Waals surface area contributed by atoms with Crippen molar-refractivity contribution >= 4 is 11.7 Å². The number of benzene rings is 1. The normalized spacial score (nSPS) is 17.3. The topological polar surface area (TPSA) is 49.3 Å². The van der Waals surface area contributed by atoms with Crippen LogP contribution in [0.1, 0.15) is 41.1 Å². The van der Waals surface area contributed by atoms with Crippen molar-refractivity contribution in [2.75, 3.05) is 31.1 Å². The molecule has 1 aliphatic carbocycles. The van der Waals surface area contributed by atoms with E-state index in [1.807, 2.05) is 11.8 Å². The van der Waals surface area contributed by atoms with Crippen molar-refractivity contribution in [2.45, 2.75) is 40.0 Å². The van der Waals surface area contributed by atoms with Crippen molar-refractivity contribution in [3.8, 4) is 0 Å². The summed E-state index contributed by atoms with van der Waals surface area (Å²) in [5.41, 5.74) is 4.81. The molecule has 1 saturated heterocycles. The number of carbonyl (C=O) groups is 1. The highest BCUT2D eigenvalue weighted by Gasteiger charge is 2.35. The Morgan fingerprint density at radius 1 is 1.07 bits per heavy atom. The Hall–Kier alpha value is -2.43. The Morgan fingerprint density at radius 2 is 1.81 bits per heavy atom. The number of carbonyl (C=O) groups excluding carboxylic acids is 1. The van der Waals surface area contributed by atoms with E-state index in [9.17, 15) is 4.79 Å². The minimum Gasteiger partial charge on any atom is -0.353 e. The minimum absolute atomic E-state index is 0.303. The predicted molar refractivity (Wildman–Crippen MR) is 107 cm³/mol. The van der Waals surface area contributed by atoms with Crippen LogP contribution in [-0.4, -0.2) is 47.0 Å². The molecule has 0 spiro atoms. The highest BCUT2D eigenvalue weighted by molar-refractivity contribution is 5.81. The van der Waals surface area contributed by atoms with Gasteiger partial charge in [-0.2, -0.15) is 0 Å². The number of aromatic nitrogens is 2. The van der Waals surface area contributed by atoms with Crippen molar-refractivity contribution in [1.82, 2.24) is 14.9 Å². The molecular weight excluding hydrogens is 336 g/mol. The molecule has 5 nitrogen and oxygen atoms in total. The van der Waals surface area contributed by atoms with E-state index >= 15 is 0 Å². The fourth-order valence-electron chi connectivity index (χ4n) is 3.94. The van der Waals surface area contributed by atoms with Crippen LogP contribution in [-0.2, 0) is 11.2 Å². The lowest BCUT2D eigenvalue weighted by Crippen LogP contribution is -2.49. The highest BCUT2D eigenvalue weighted by Crippen LogP contribution is 2.32. The van der Waals surface area contributed by atoms with E-state index in [0.29, 0.717) is 11.8 Å². The van der Waals surface area contributed by atoms with Crippen LogP contribution in [0, 0.1) is 26.7 Å². The second-order valence-electron chi connectivity index (χ2n) is 7.91. The first-order valence-electron chi connectivity index (χ1n) is 9.94. The van der Waals surface area contributed by atoms with Gasteiger partial charge >= 0.3 is 0 Å². The fourth-order valence-corrected chi connectivity index (χ4v) is 3.94. The second kappa shape index (κ2) is 7.29. The molecule has 0 atom stereocenters. The molecule has 0 bridgehead atoms. The summed E-state index contributed by atoms with van der Waals surface area (Å²) in [4.78, 5) is 26.1. The summed E-state index contributed by atoms with van der Waals surface area (Å²) in [6, 6.07) is 8.63. The molecule has 27 heavy (non-hydrogen) atoms. The van der Waals surface area contributed by atoms with E-state index in [2.05, 4.69) is 48.0 Å². The molecule has 4 rings (SSSR count). The second-order valence-corrected chi connectivity index (χ2v) is 7.91. The molecule has 2 aromatic rings. The third-order valence-electron chi connectivity index (χ3n) is 5.58. The van der Waals surface area contributed by atoms with Crippen LogP contribution >= 0.6 is 0 Å². The summed E-state index contributed by atoms with van der Waals surface area (Å²) < 4.78 is 0. The van der Waals surface area contributed by atoms with Crippen LogP contribution in [0.5, 0.6) is 0 Å². The number of anilines is 1. The lowest BCUT2D eigenvalue weighted by molar-refractivity contribution is -0.132. The Kier molecular flexibility index (Phi) is 4.85. The maximum absolute atomic E-state index is 12.3. The van der Waals surface area contributed by atoms with E-state index < -0.39 is 0 Å². The molecule has 2 aliphatic rings. The van der Waals surface area contributed by atoms with Gasteiger partial charge in [0.15, 0.2) is 0 Å². The Bertz CT molecular complexity index is 851. The molecule has 2 heterocycles. The zero-order valence-electron chi connectivity index (χ0n) is 16.5. The van der Waals surface area contributed by atoms with Crippen LogP contribution in [0.3, 0.4) is 0 Å². The van der Waals surface area contributed by atoms with Gasteiger partial charge in [0.1, 0.15) is 11.6 Å². The number of nitrogens with zero attached hydrogens (tertiary/aromatic N) is 4. The Balaban J connectivity index is 1.56. The van der Waals surface area contributed by atoms with Gasteiger partial charge in [-0.05, 0) is 39.2 Å².